The molecule has 102 valence electrons. The van der Waals surface area contributed by atoms with Crippen LogP contribution in [0.25, 0.3) is 0 Å². The van der Waals surface area contributed by atoms with Gasteiger partial charge in [0.15, 0.2) is 0 Å². The third kappa shape index (κ3) is 3.52. The Labute approximate surface area is 116 Å². The van der Waals surface area contributed by atoms with Gasteiger partial charge < -0.3 is 10.6 Å². The van der Waals surface area contributed by atoms with Crippen molar-refractivity contribution in [3.8, 4) is 0 Å². The second-order valence-corrected chi connectivity index (χ2v) is 5.35. The molecule has 0 aliphatic rings. The lowest BCUT2D eigenvalue weighted by molar-refractivity contribution is 0.627. The van der Waals surface area contributed by atoms with Crippen LogP contribution in [0.2, 0.25) is 0 Å². The van der Waals surface area contributed by atoms with E-state index >= 15 is 0 Å². The third-order valence-electron chi connectivity index (χ3n) is 2.89. The van der Waals surface area contributed by atoms with Crippen LogP contribution in [0.4, 0.5) is 10.1 Å². The number of aromatic nitrogens is 1. The number of rotatable bonds is 5. The van der Waals surface area contributed by atoms with Gasteiger partial charge in [0.2, 0.25) is 0 Å². The molecule has 0 bridgehead atoms. The van der Waals surface area contributed by atoms with Crippen molar-refractivity contribution in [2.24, 2.45) is 5.73 Å². The molecule has 0 fully saturated rings. The molecule has 0 radical (unpaired) electrons. The van der Waals surface area contributed by atoms with Gasteiger partial charge in [0.25, 0.3) is 0 Å². The van der Waals surface area contributed by atoms with Crippen LogP contribution in [0.1, 0.15) is 30.6 Å². The summed E-state index contributed by atoms with van der Waals surface area (Å²) in [5.74, 6) is -0.215. The number of nitrogens with two attached hydrogens (primary N) is 1. The van der Waals surface area contributed by atoms with E-state index in [0.717, 1.165) is 22.9 Å². The van der Waals surface area contributed by atoms with Crippen molar-refractivity contribution in [1.82, 2.24) is 4.98 Å². The fourth-order valence-corrected chi connectivity index (χ4v) is 2.61. The van der Waals surface area contributed by atoms with Crippen LogP contribution >= 0.6 is 11.3 Å². The molecule has 1 aromatic heterocycles. The largest absolute Gasteiger partial charge is 0.366 e. The van der Waals surface area contributed by atoms with E-state index in [-0.39, 0.29) is 11.9 Å². The number of thiazole rings is 1. The lowest BCUT2D eigenvalue weighted by Gasteiger charge is -2.22. The van der Waals surface area contributed by atoms with Crippen molar-refractivity contribution in [3.05, 3.63) is 46.2 Å². The van der Waals surface area contributed by atoms with E-state index in [0.29, 0.717) is 6.54 Å². The van der Waals surface area contributed by atoms with Gasteiger partial charge in [-0.05, 0) is 38.1 Å². The predicted molar refractivity (Wildman–Crippen MR) is 77.8 cm³/mol. The molecule has 1 heterocycles. The van der Waals surface area contributed by atoms with Crippen LogP contribution in [0.15, 0.2) is 29.6 Å². The van der Waals surface area contributed by atoms with Crippen molar-refractivity contribution in [1.29, 1.82) is 0 Å². The van der Waals surface area contributed by atoms with E-state index in [1.54, 1.807) is 23.5 Å². The average molecular weight is 279 g/mol. The molecule has 0 aliphatic heterocycles. The van der Waals surface area contributed by atoms with Crippen LogP contribution in [-0.2, 0) is 6.54 Å². The lowest BCUT2D eigenvalue weighted by Crippen LogP contribution is -2.22. The van der Waals surface area contributed by atoms with Gasteiger partial charge in [-0.1, -0.05) is 0 Å². The highest BCUT2D eigenvalue weighted by Crippen LogP contribution is 2.20. The maximum atomic E-state index is 12.9. The number of anilines is 1. The zero-order valence-electron chi connectivity index (χ0n) is 11.1. The Kier molecular flexibility index (Phi) is 4.50. The maximum Gasteiger partial charge on any atom is 0.123 e. The van der Waals surface area contributed by atoms with E-state index in [2.05, 4.69) is 16.8 Å². The SMILES string of the molecule is CCN(Cc1csc(C(C)N)n1)c1ccc(F)cc1. The molecule has 1 unspecified atom stereocenters. The van der Waals surface area contributed by atoms with Crippen LogP contribution < -0.4 is 10.6 Å². The fraction of sp³-hybridized carbons (Fsp3) is 0.357. The molecule has 0 amide bonds. The van der Waals surface area contributed by atoms with E-state index in [9.17, 15) is 4.39 Å². The summed E-state index contributed by atoms with van der Waals surface area (Å²) in [5.41, 5.74) is 7.81. The minimum absolute atomic E-state index is 0.0281. The van der Waals surface area contributed by atoms with Crippen molar-refractivity contribution in [2.45, 2.75) is 26.4 Å². The average Bonchev–Trinajstić information content (AvgIpc) is 2.86. The monoisotopic (exact) mass is 279 g/mol. The van der Waals surface area contributed by atoms with E-state index in [1.165, 1.54) is 12.1 Å². The molecule has 0 saturated heterocycles. The Morgan fingerprint density at radius 1 is 1.37 bits per heavy atom. The smallest absolute Gasteiger partial charge is 0.123 e. The summed E-state index contributed by atoms with van der Waals surface area (Å²) in [6.45, 7) is 5.56. The Morgan fingerprint density at radius 3 is 2.58 bits per heavy atom. The van der Waals surface area contributed by atoms with Crippen LogP contribution in [0, 0.1) is 5.82 Å². The number of nitrogens with zero attached hydrogens (tertiary/aromatic N) is 2. The molecule has 1 aromatic carbocycles. The Balaban J connectivity index is 2.12. The Bertz CT molecular complexity index is 522. The first-order chi connectivity index (χ1) is 9.10. The van der Waals surface area contributed by atoms with Gasteiger partial charge in [-0.3, -0.25) is 0 Å². The van der Waals surface area contributed by atoms with Gasteiger partial charge in [0.1, 0.15) is 10.8 Å². The normalized spacial score (nSPS) is 12.4. The lowest BCUT2D eigenvalue weighted by atomic mass is 10.2. The van der Waals surface area contributed by atoms with Gasteiger partial charge in [0, 0.05) is 17.6 Å². The second kappa shape index (κ2) is 6.12. The van der Waals surface area contributed by atoms with Crippen LogP contribution in [-0.4, -0.2) is 11.5 Å². The molecule has 2 rings (SSSR count). The van der Waals surface area contributed by atoms with E-state index in [1.807, 2.05) is 12.3 Å². The molecule has 2 N–H and O–H groups in total. The minimum Gasteiger partial charge on any atom is -0.366 e. The molecule has 0 saturated carbocycles. The first kappa shape index (κ1) is 14.0. The summed E-state index contributed by atoms with van der Waals surface area (Å²) in [7, 11) is 0. The summed E-state index contributed by atoms with van der Waals surface area (Å²) in [6, 6.07) is 6.51. The number of hydrogen-bond donors (Lipinski definition) is 1. The van der Waals surface area contributed by atoms with Crippen LogP contribution in [0.5, 0.6) is 0 Å². The molecule has 3 nitrogen and oxygen atoms in total. The summed E-state index contributed by atoms with van der Waals surface area (Å²) in [6.07, 6.45) is 0. The van der Waals surface area contributed by atoms with Gasteiger partial charge in [0.05, 0.1) is 18.3 Å². The maximum absolute atomic E-state index is 12.9. The highest BCUT2D eigenvalue weighted by Gasteiger charge is 2.10. The molecular weight excluding hydrogens is 261 g/mol. The molecule has 2 aromatic rings. The van der Waals surface area contributed by atoms with Gasteiger partial charge in [-0.25, -0.2) is 9.37 Å². The zero-order chi connectivity index (χ0) is 13.8. The molecular formula is C14H18FN3S. The summed E-state index contributed by atoms with van der Waals surface area (Å²) in [4.78, 5) is 6.67. The van der Waals surface area contributed by atoms with Gasteiger partial charge in [-0.15, -0.1) is 11.3 Å². The number of hydrogen-bond acceptors (Lipinski definition) is 4. The summed E-state index contributed by atoms with van der Waals surface area (Å²) >= 11 is 1.58. The molecule has 19 heavy (non-hydrogen) atoms. The van der Waals surface area contributed by atoms with E-state index < -0.39 is 0 Å². The van der Waals surface area contributed by atoms with Gasteiger partial charge >= 0.3 is 0 Å². The zero-order valence-corrected chi connectivity index (χ0v) is 12.0. The van der Waals surface area contributed by atoms with Gasteiger partial charge in [-0.2, -0.15) is 0 Å². The van der Waals surface area contributed by atoms with Crippen molar-refractivity contribution < 1.29 is 4.39 Å². The molecule has 5 heteroatoms. The quantitative estimate of drug-likeness (QED) is 0.913. The topological polar surface area (TPSA) is 42.1 Å². The Hall–Kier alpha value is -1.46. The predicted octanol–water partition coefficient (Wildman–Crippen LogP) is 3.33. The molecule has 0 spiro atoms. The van der Waals surface area contributed by atoms with Crippen molar-refractivity contribution in [2.75, 3.05) is 11.4 Å². The third-order valence-corrected chi connectivity index (χ3v) is 3.98. The van der Waals surface area contributed by atoms with Crippen molar-refractivity contribution >= 4 is 17.0 Å². The first-order valence-electron chi connectivity index (χ1n) is 6.30. The number of benzene rings is 1. The van der Waals surface area contributed by atoms with Crippen molar-refractivity contribution in [3.63, 3.8) is 0 Å². The second-order valence-electron chi connectivity index (χ2n) is 4.46. The summed E-state index contributed by atoms with van der Waals surface area (Å²) in [5, 5.41) is 2.98. The highest BCUT2D eigenvalue weighted by atomic mass is 32.1. The Morgan fingerprint density at radius 2 is 2.05 bits per heavy atom. The minimum atomic E-state index is -0.215. The first-order valence-corrected chi connectivity index (χ1v) is 7.18. The van der Waals surface area contributed by atoms with E-state index in [4.69, 9.17) is 5.73 Å². The molecule has 0 aliphatic carbocycles. The van der Waals surface area contributed by atoms with Crippen LogP contribution in [0.3, 0.4) is 0 Å². The fourth-order valence-electron chi connectivity index (χ4n) is 1.84. The summed E-state index contributed by atoms with van der Waals surface area (Å²) < 4.78 is 12.9. The standard InChI is InChI=1S/C14H18FN3S/c1-3-18(13-6-4-11(15)5-7-13)8-12-9-19-14(17-12)10(2)16/h4-7,9-10H,3,8,16H2,1-2H3. The number of halogens is 1. The molecule has 1 atom stereocenters. The highest BCUT2D eigenvalue weighted by molar-refractivity contribution is 7.09.